The zero-order valence-electron chi connectivity index (χ0n) is 24.7. The first kappa shape index (κ1) is 30.0. The first-order chi connectivity index (χ1) is 20.8. The van der Waals surface area contributed by atoms with Gasteiger partial charge in [0.2, 0.25) is 0 Å². The van der Waals surface area contributed by atoms with E-state index in [1.165, 1.54) is 0 Å². The van der Waals surface area contributed by atoms with Crippen LogP contribution in [0.2, 0.25) is 0 Å². The first-order valence-electron chi connectivity index (χ1n) is 14.8. The van der Waals surface area contributed by atoms with Crippen molar-refractivity contribution >= 4 is 29.3 Å². The molecule has 226 valence electrons. The van der Waals surface area contributed by atoms with Crippen molar-refractivity contribution in [3.05, 3.63) is 77.5 Å². The lowest BCUT2D eigenvalue weighted by Crippen LogP contribution is -2.45. The maximum absolute atomic E-state index is 12.9. The number of hydrogen-bond donors (Lipinski definition) is 3. The zero-order chi connectivity index (χ0) is 30.3. The van der Waals surface area contributed by atoms with E-state index in [1.807, 2.05) is 68.4 Å². The molecule has 3 heterocycles. The van der Waals surface area contributed by atoms with Gasteiger partial charge in [0.05, 0.1) is 13.2 Å². The molecule has 2 aliphatic rings. The van der Waals surface area contributed by atoms with Crippen LogP contribution in [0.25, 0.3) is 11.1 Å². The van der Waals surface area contributed by atoms with Crippen LogP contribution in [0.15, 0.2) is 60.7 Å². The van der Waals surface area contributed by atoms with Crippen LogP contribution in [0.4, 0.5) is 16.3 Å². The summed E-state index contributed by atoms with van der Waals surface area (Å²) >= 11 is 0. The number of ether oxygens (including phenoxy) is 2. The van der Waals surface area contributed by atoms with E-state index in [0.717, 1.165) is 42.7 Å². The minimum atomic E-state index is -1.15. The van der Waals surface area contributed by atoms with Crippen LogP contribution in [-0.4, -0.2) is 78.2 Å². The molecule has 2 fully saturated rings. The van der Waals surface area contributed by atoms with Crippen molar-refractivity contribution in [1.29, 1.82) is 5.41 Å². The van der Waals surface area contributed by atoms with Gasteiger partial charge >= 0.3 is 12.1 Å². The molecule has 2 saturated heterocycles. The molecular weight excluding hydrogens is 546 g/mol. The van der Waals surface area contributed by atoms with Crippen molar-refractivity contribution in [2.45, 2.75) is 39.3 Å². The van der Waals surface area contributed by atoms with Crippen LogP contribution >= 0.6 is 0 Å². The van der Waals surface area contributed by atoms with E-state index in [4.69, 9.17) is 14.9 Å². The predicted octanol–water partition coefficient (Wildman–Crippen LogP) is 5.52. The van der Waals surface area contributed by atoms with Gasteiger partial charge in [-0.2, -0.15) is 0 Å². The Balaban J connectivity index is 1.41. The third-order valence-electron chi connectivity index (χ3n) is 7.87. The number of benzene rings is 2. The molecule has 0 aliphatic carbocycles. The van der Waals surface area contributed by atoms with Crippen molar-refractivity contribution in [2.75, 3.05) is 49.6 Å². The van der Waals surface area contributed by atoms with E-state index in [0.29, 0.717) is 49.0 Å². The summed E-state index contributed by atoms with van der Waals surface area (Å²) in [5.74, 6) is -0.929. The number of morpholine rings is 1. The molecule has 2 aliphatic heterocycles. The molecule has 1 atom stereocenters. The topological polar surface area (TPSA) is 128 Å². The van der Waals surface area contributed by atoms with Crippen molar-refractivity contribution in [3.8, 4) is 11.1 Å². The lowest BCUT2D eigenvalue weighted by Gasteiger charge is -2.33. The smallest absolute Gasteiger partial charge is 0.410 e. The summed E-state index contributed by atoms with van der Waals surface area (Å²) < 4.78 is 11.0. The normalized spacial score (nSPS) is 17.0. The number of nitrogens with one attached hydrogen (secondary N) is 2. The van der Waals surface area contributed by atoms with Crippen LogP contribution in [0, 0.1) is 11.3 Å². The number of aromatic carboxylic acids is 1. The highest BCUT2D eigenvalue weighted by Gasteiger charge is 2.28. The molecule has 1 unspecified atom stereocenters. The van der Waals surface area contributed by atoms with Gasteiger partial charge in [0.1, 0.15) is 12.4 Å². The fraction of sp³-hybridized carbons (Fsp3) is 0.394. The molecule has 10 heteroatoms. The number of hydrogen-bond acceptors (Lipinski definition) is 8. The van der Waals surface area contributed by atoms with E-state index in [2.05, 4.69) is 15.2 Å². The fourth-order valence-electron chi connectivity index (χ4n) is 5.49. The van der Waals surface area contributed by atoms with E-state index < -0.39 is 12.1 Å². The van der Waals surface area contributed by atoms with Gasteiger partial charge in [0.25, 0.3) is 0 Å². The number of nitrogens with zero attached hydrogens (tertiary/aromatic N) is 3. The minimum absolute atomic E-state index is 0.106. The largest absolute Gasteiger partial charge is 0.477 e. The third kappa shape index (κ3) is 7.32. The second-order valence-electron chi connectivity index (χ2n) is 11.3. The summed E-state index contributed by atoms with van der Waals surface area (Å²) in [5.41, 5.74) is 4.25. The highest BCUT2D eigenvalue weighted by Crippen LogP contribution is 2.34. The number of aromatic nitrogens is 1. The number of anilines is 2. The van der Waals surface area contributed by atoms with Crippen molar-refractivity contribution < 1.29 is 24.2 Å². The van der Waals surface area contributed by atoms with Crippen molar-refractivity contribution in [1.82, 2.24) is 9.88 Å². The molecule has 43 heavy (non-hydrogen) atoms. The van der Waals surface area contributed by atoms with Gasteiger partial charge < -0.3 is 35.1 Å². The van der Waals surface area contributed by atoms with Crippen LogP contribution in [0.3, 0.4) is 0 Å². The number of likely N-dealkylation sites (tertiary alicyclic amines) is 1. The maximum Gasteiger partial charge on any atom is 0.410 e. The number of carbonyl (C=O) groups is 2. The summed E-state index contributed by atoms with van der Waals surface area (Å²) in [5, 5.41) is 22.4. The van der Waals surface area contributed by atoms with E-state index >= 15 is 0 Å². The number of pyridine rings is 1. The molecule has 0 saturated carbocycles. The second-order valence-corrected chi connectivity index (χ2v) is 11.3. The van der Waals surface area contributed by atoms with Gasteiger partial charge in [-0.05, 0) is 53.6 Å². The summed E-state index contributed by atoms with van der Waals surface area (Å²) in [6, 6.07) is 18.9. The number of rotatable bonds is 9. The molecule has 1 aromatic heterocycles. The highest BCUT2D eigenvalue weighted by molar-refractivity contribution is 6.10. The average molecular weight is 586 g/mol. The molecule has 10 nitrogen and oxygen atoms in total. The average Bonchev–Trinajstić information content (AvgIpc) is 3.04. The standard InChI is InChI=1S/C33H39N5O5/c1-22(2)30(34)29-27(24-10-12-26(13-11-24)37-15-17-42-18-16-37)19-28(32(39)40)36-31(29)35-25-9-6-14-38(20-25)33(41)43-21-23-7-4-3-5-8-23/h3-5,7-8,10-13,19,22,25,34H,6,9,14-18,20-21H2,1-2H3,(H,35,36)(H,39,40). The summed E-state index contributed by atoms with van der Waals surface area (Å²) in [6.45, 7) is 8.01. The van der Waals surface area contributed by atoms with E-state index in [9.17, 15) is 14.7 Å². The Morgan fingerprint density at radius 3 is 2.49 bits per heavy atom. The molecule has 3 aromatic rings. The molecular formula is C33H39N5O5. The number of carboxylic acid groups (broad SMARTS) is 1. The zero-order valence-corrected chi connectivity index (χ0v) is 24.7. The lowest BCUT2D eigenvalue weighted by molar-refractivity contribution is 0.0690. The van der Waals surface area contributed by atoms with Gasteiger partial charge in [0.15, 0.2) is 5.69 Å². The van der Waals surface area contributed by atoms with Gasteiger partial charge in [-0.1, -0.05) is 56.3 Å². The van der Waals surface area contributed by atoms with Gasteiger partial charge in [-0.25, -0.2) is 14.6 Å². The molecule has 0 bridgehead atoms. The maximum atomic E-state index is 12.9. The lowest BCUT2D eigenvalue weighted by atomic mass is 9.91. The van der Waals surface area contributed by atoms with Crippen LogP contribution in [0.5, 0.6) is 0 Å². The Kier molecular flexibility index (Phi) is 9.56. The molecule has 3 N–H and O–H groups in total. The van der Waals surface area contributed by atoms with Crippen molar-refractivity contribution in [3.63, 3.8) is 0 Å². The van der Waals surface area contributed by atoms with E-state index in [-0.39, 0.29) is 24.3 Å². The molecule has 5 rings (SSSR count). The summed E-state index contributed by atoms with van der Waals surface area (Å²) in [6.07, 6.45) is 1.13. The Bertz CT molecular complexity index is 1440. The molecule has 0 spiro atoms. The quantitative estimate of drug-likeness (QED) is 0.280. The predicted molar refractivity (Wildman–Crippen MR) is 166 cm³/mol. The fourth-order valence-corrected chi connectivity index (χ4v) is 5.49. The molecule has 1 amide bonds. The Morgan fingerprint density at radius 1 is 1.09 bits per heavy atom. The van der Waals surface area contributed by atoms with Crippen LogP contribution in [0.1, 0.15) is 48.3 Å². The highest BCUT2D eigenvalue weighted by atomic mass is 16.6. The number of piperidine rings is 1. The van der Waals surface area contributed by atoms with E-state index in [1.54, 1.807) is 11.0 Å². The number of amides is 1. The van der Waals surface area contributed by atoms with Gasteiger partial charge in [-0.15, -0.1) is 0 Å². The number of carboxylic acids is 1. The third-order valence-corrected chi connectivity index (χ3v) is 7.87. The van der Waals surface area contributed by atoms with Crippen LogP contribution in [-0.2, 0) is 16.1 Å². The first-order valence-corrected chi connectivity index (χ1v) is 14.8. The Morgan fingerprint density at radius 2 is 1.81 bits per heavy atom. The van der Waals surface area contributed by atoms with Gasteiger partial charge in [0, 0.05) is 49.2 Å². The summed E-state index contributed by atoms with van der Waals surface area (Å²) in [7, 11) is 0. The molecule has 0 radical (unpaired) electrons. The summed E-state index contributed by atoms with van der Waals surface area (Å²) in [4.78, 5) is 33.5. The Labute approximate surface area is 252 Å². The van der Waals surface area contributed by atoms with Crippen LogP contribution < -0.4 is 10.2 Å². The molecule has 2 aromatic carbocycles. The number of carbonyl (C=O) groups excluding carboxylic acids is 1. The van der Waals surface area contributed by atoms with Gasteiger partial charge in [-0.3, -0.25) is 0 Å². The monoisotopic (exact) mass is 585 g/mol. The van der Waals surface area contributed by atoms with Crippen molar-refractivity contribution in [2.24, 2.45) is 5.92 Å². The second kappa shape index (κ2) is 13.7. The Hall–Kier alpha value is -4.44. The SMILES string of the molecule is CC(C)C(=N)c1c(-c2ccc(N3CCOCC3)cc2)cc(C(=O)O)nc1NC1CCCN(C(=O)OCc2ccccc2)C1. The minimum Gasteiger partial charge on any atom is -0.477 e.